The maximum Gasteiger partial charge on any atom is 0.248 e. The van der Waals surface area contributed by atoms with Crippen LogP contribution in [0.1, 0.15) is 0 Å². The molecule has 0 atom stereocenters. The first-order chi connectivity index (χ1) is 15.2. The number of anilines is 1. The Labute approximate surface area is 189 Å². The van der Waals surface area contributed by atoms with Crippen molar-refractivity contribution in [2.75, 3.05) is 11.1 Å². The largest absolute Gasteiger partial charge is 0.331 e. The molecule has 0 saturated heterocycles. The third kappa shape index (κ3) is 5.56. The predicted molar refractivity (Wildman–Crippen MR) is 130 cm³/mol. The molecule has 0 aliphatic heterocycles. The molecule has 8 heteroatoms. The van der Waals surface area contributed by atoms with Crippen molar-refractivity contribution in [2.24, 2.45) is 0 Å². The van der Waals surface area contributed by atoms with Crippen LogP contribution in [0.15, 0.2) is 90.0 Å². The van der Waals surface area contributed by atoms with Crippen LogP contribution in [0.5, 0.6) is 0 Å². The van der Waals surface area contributed by atoms with Crippen LogP contribution in [0.3, 0.4) is 0 Å². The Kier molecular flexibility index (Phi) is 6.71. The van der Waals surface area contributed by atoms with Gasteiger partial charge in [0.05, 0.1) is 16.8 Å². The molecule has 6 nitrogen and oxygen atoms in total. The second kappa shape index (κ2) is 10.0. The van der Waals surface area contributed by atoms with E-state index in [-0.39, 0.29) is 11.7 Å². The highest BCUT2D eigenvalue weighted by Crippen LogP contribution is 2.30. The van der Waals surface area contributed by atoms with Crippen LogP contribution in [-0.4, -0.2) is 26.7 Å². The molecule has 1 heterocycles. The van der Waals surface area contributed by atoms with Crippen molar-refractivity contribution in [3.05, 3.63) is 84.9 Å². The van der Waals surface area contributed by atoms with Gasteiger partial charge < -0.3 is 5.32 Å². The lowest BCUT2D eigenvalue weighted by atomic mass is 10.1. The van der Waals surface area contributed by atoms with Gasteiger partial charge in [-0.25, -0.2) is 9.97 Å². The molecule has 4 aromatic rings. The van der Waals surface area contributed by atoms with Crippen LogP contribution in [0.2, 0.25) is 0 Å². The topological polar surface area (TPSA) is 78.9 Å². The van der Waals surface area contributed by atoms with Gasteiger partial charge in [-0.05, 0) is 36.5 Å². The molecule has 3 aromatic carbocycles. The highest BCUT2D eigenvalue weighted by atomic mass is 32.2. The normalized spacial score (nSPS) is 10.5. The number of para-hydroxylation sites is 3. The summed E-state index contributed by atoms with van der Waals surface area (Å²) in [6.45, 7) is 0. The molecule has 0 aliphatic carbocycles. The van der Waals surface area contributed by atoms with Gasteiger partial charge in [-0.3, -0.25) is 15.6 Å². The lowest BCUT2D eigenvalue weighted by Crippen LogP contribution is -2.44. The van der Waals surface area contributed by atoms with E-state index in [1.807, 2.05) is 84.9 Å². The van der Waals surface area contributed by atoms with Crippen molar-refractivity contribution < 1.29 is 4.79 Å². The minimum absolute atomic E-state index is 0.161. The van der Waals surface area contributed by atoms with Gasteiger partial charge in [-0.15, -0.1) is 0 Å². The number of hydrogen-bond acceptors (Lipinski definition) is 5. The number of carbonyl (C=O) groups is 1. The zero-order chi connectivity index (χ0) is 21.5. The highest BCUT2D eigenvalue weighted by molar-refractivity contribution is 8.00. The molecule has 154 valence electrons. The third-order valence-corrected chi connectivity index (χ3v) is 5.44. The monoisotopic (exact) mass is 445 g/mol. The number of amides is 1. The average Bonchev–Trinajstić information content (AvgIpc) is 2.82. The average molecular weight is 446 g/mol. The summed E-state index contributed by atoms with van der Waals surface area (Å²) >= 11 is 6.53. The van der Waals surface area contributed by atoms with Crippen molar-refractivity contribution >= 4 is 51.7 Å². The fourth-order valence-electron chi connectivity index (χ4n) is 2.85. The summed E-state index contributed by atoms with van der Waals surface area (Å²) in [6.07, 6.45) is 0. The van der Waals surface area contributed by atoms with Crippen LogP contribution in [0, 0.1) is 0 Å². The lowest BCUT2D eigenvalue weighted by molar-refractivity contribution is -0.119. The smallest absolute Gasteiger partial charge is 0.248 e. The zero-order valence-corrected chi connectivity index (χ0v) is 18.0. The first-order valence-electron chi connectivity index (χ1n) is 9.55. The van der Waals surface area contributed by atoms with Crippen LogP contribution in [0.4, 0.5) is 5.69 Å². The van der Waals surface area contributed by atoms with Gasteiger partial charge in [0.1, 0.15) is 10.7 Å². The molecule has 1 aromatic heterocycles. The van der Waals surface area contributed by atoms with Crippen LogP contribution in [0.25, 0.3) is 22.3 Å². The number of thioether (sulfide) groups is 1. The molecule has 3 N–H and O–H groups in total. The summed E-state index contributed by atoms with van der Waals surface area (Å²) in [5.74, 6) is -0.0652. The Bertz CT molecular complexity index is 1200. The number of fused-ring (bicyclic) bond motifs is 1. The van der Waals surface area contributed by atoms with Gasteiger partial charge in [0.15, 0.2) is 5.11 Å². The number of benzene rings is 3. The molecule has 4 rings (SSSR count). The fourth-order valence-corrected chi connectivity index (χ4v) is 3.82. The summed E-state index contributed by atoms with van der Waals surface area (Å²) in [7, 11) is 0. The van der Waals surface area contributed by atoms with E-state index < -0.39 is 0 Å². The zero-order valence-electron chi connectivity index (χ0n) is 16.4. The SMILES string of the molecule is O=C(CSc1nc2ccccc2nc1-c1ccccc1)NNC(=S)Nc1ccccc1. The molecule has 0 unspecified atom stereocenters. The van der Waals surface area contributed by atoms with Gasteiger partial charge >= 0.3 is 0 Å². The van der Waals surface area contributed by atoms with E-state index in [0.29, 0.717) is 10.1 Å². The number of aromatic nitrogens is 2. The number of rotatable bonds is 5. The molecule has 0 saturated carbocycles. The maximum absolute atomic E-state index is 12.4. The van der Waals surface area contributed by atoms with Gasteiger partial charge in [-0.1, -0.05) is 72.4 Å². The molecule has 1 amide bonds. The Morgan fingerprint density at radius 3 is 2.13 bits per heavy atom. The summed E-state index contributed by atoms with van der Waals surface area (Å²) in [6, 6.07) is 27.0. The second-order valence-electron chi connectivity index (χ2n) is 6.51. The molecule has 0 spiro atoms. The molecule has 0 bridgehead atoms. The van der Waals surface area contributed by atoms with Crippen molar-refractivity contribution in [1.29, 1.82) is 0 Å². The Hall–Kier alpha value is -3.49. The first-order valence-corrected chi connectivity index (χ1v) is 10.9. The Balaban J connectivity index is 1.42. The van der Waals surface area contributed by atoms with Crippen molar-refractivity contribution in [3.63, 3.8) is 0 Å². The van der Waals surface area contributed by atoms with E-state index >= 15 is 0 Å². The molecular formula is C23H19N5OS2. The van der Waals surface area contributed by atoms with Gasteiger partial charge in [0.2, 0.25) is 5.91 Å². The number of carbonyl (C=O) groups excluding carboxylic acids is 1. The minimum Gasteiger partial charge on any atom is -0.331 e. The van der Waals surface area contributed by atoms with Gasteiger partial charge in [0, 0.05) is 11.3 Å². The summed E-state index contributed by atoms with van der Waals surface area (Å²) < 4.78 is 0. The molecule has 0 fully saturated rings. The first kappa shape index (κ1) is 20.8. The van der Waals surface area contributed by atoms with Crippen molar-refractivity contribution in [2.45, 2.75) is 5.03 Å². The number of hydrazine groups is 1. The van der Waals surface area contributed by atoms with E-state index in [4.69, 9.17) is 22.2 Å². The standard InChI is InChI=1S/C23H19N5OS2/c29-20(27-28-23(30)24-17-11-5-2-6-12-17)15-31-22-21(16-9-3-1-4-10-16)25-18-13-7-8-14-19(18)26-22/h1-14H,15H2,(H,27,29)(H2,24,28,30). The van der Waals surface area contributed by atoms with Crippen LogP contribution in [-0.2, 0) is 4.79 Å². The van der Waals surface area contributed by atoms with E-state index in [1.165, 1.54) is 11.8 Å². The minimum atomic E-state index is -0.226. The predicted octanol–water partition coefficient (Wildman–Crippen LogP) is 4.41. The molecule has 0 aliphatic rings. The quantitative estimate of drug-likeness (QED) is 0.239. The van der Waals surface area contributed by atoms with Crippen molar-refractivity contribution in [3.8, 4) is 11.3 Å². The number of hydrogen-bond donors (Lipinski definition) is 3. The molecular weight excluding hydrogens is 426 g/mol. The maximum atomic E-state index is 12.4. The number of nitrogens with zero attached hydrogens (tertiary/aromatic N) is 2. The lowest BCUT2D eigenvalue weighted by Gasteiger charge is -2.12. The summed E-state index contributed by atoms with van der Waals surface area (Å²) in [5, 5.41) is 4.00. The number of nitrogens with one attached hydrogen (secondary N) is 3. The molecule has 31 heavy (non-hydrogen) atoms. The highest BCUT2D eigenvalue weighted by Gasteiger charge is 2.13. The number of thiocarbonyl (C=S) groups is 1. The van der Waals surface area contributed by atoms with E-state index in [9.17, 15) is 4.79 Å². The summed E-state index contributed by atoms with van der Waals surface area (Å²) in [4.78, 5) is 21.9. The Morgan fingerprint density at radius 1 is 0.806 bits per heavy atom. The third-order valence-electron chi connectivity index (χ3n) is 4.27. The van der Waals surface area contributed by atoms with E-state index in [1.54, 1.807) is 0 Å². The van der Waals surface area contributed by atoms with Crippen LogP contribution < -0.4 is 16.2 Å². The summed E-state index contributed by atoms with van der Waals surface area (Å²) in [5.41, 5.74) is 9.47. The second-order valence-corrected chi connectivity index (χ2v) is 7.89. The molecule has 0 radical (unpaired) electrons. The van der Waals surface area contributed by atoms with Crippen LogP contribution >= 0.6 is 24.0 Å². The fraction of sp³-hybridized carbons (Fsp3) is 0.0435. The van der Waals surface area contributed by atoms with E-state index in [0.717, 1.165) is 28.0 Å². The van der Waals surface area contributed by atoms with Crippen molar-refractivity contribution in [1.82, 2.24) is 20.8 Å². The van der Waals surface area contributed by atoms with Gasteiger partial charge in [-0.2, -0.15) is 0 Å². The van der Waals surface area contributed by atoms with E-state index in [2.05, 4.69) is 16.2 Å². The Morgan fingerprint density at radius 2 is 1.42 bits per heavy atom. The van der Waals surface area contributed by atoms with Gasteiger partial charge in [0.25, 0.3) is 0 Å².